The summed E-state index contributed by atoms with van der Waals surface area (Å²) in [6.07, 6.45) is 9.27. The van der Waals surface area contributed by atoms with E-state index in [1.807, 2.05) is 6.07 Å². The van der Waals surface area contributed by atoms with Crippen molar-refractivity contribution >= 4 is 5.91 Å². The lowest BCUT2D eigenvalue weighted by Crippen LogP contribution is -2.55. The molecule has 4 aliphatic rings. The van der Waals surface area contributed by atoms with E-state index in [9.17, 15) is 9.18 Å². The Balaban J connectivity index is 1.34. The average Bonchev–Trinajstić information content (AvgIpc) is 2.52. The van der Waals surface area contributed by atoms with Crippen molar-refractivity contribution in [3.63, 3.8) is 0 Å². The third kappa shape index (κ3) is 3.10. The van der Waals surface area contributed by atoms with Gasteiger partial charge in [-0.05, 0) is 92.7 Å². The van der Waals surface area contributed by atoms with Crippen LogP contribution in [0.4, 0.5) is 4.39 Å². The summed E-state index contributed by atoms with van der Waals surface area (Å²) in [6, 6.07) is 6.83. The Morgan fingerprint density at radius 3 is 2.42 bits per heavy atom. The highest BCUT2D eigenvalue weighted by Crippen LogP contribution is 2.61. The molecule has 1 aromatic rings. The molecule has 1 N–H and O–H groups in total. The maximum absolute atomic E-state index is 13.2. The third-order valence-electron chi connectivity index (χ3n) is 6.91. The molecule has 1 unspecified atom stereocenters. The van der Waals surface area contributed by atoms with Gasteiger partial charge in [0, 0.05) is 12.5 Å². The second-order valence-electron chi connectivity index (χ2n) is 8.70. The Kier molecular flexibility index (Phi) is 4.14. The van der Waals surface area contributed by atoms with E-state index in [0.717, 1.165) is 23.3 Å². The number of amides is 1. The van der Waals surface area contributed by atoms with E-state index in [4.69, 9.17) is 0 Å². The molecule has 2 nitrogen and oxygen atoms in total. The maximum Gasteiger partial charge on any atom is 0.220 e. The minimum atomic E-state index is -0.227. The highest BCUT2D eigenvalue weighted by atomic mass is 19.1. The van der Waals surface area contributed by atoms with Gasteiger partial charge in [-0.3, -0.25) is 4.79 Å². The van der Waals surface area contributed by atoms with Gasteiger partial charge in [0.25, 0.3) is 0 Å². The van der Waals surface area contributed by atoms with E-state index in [1.54, 1.807) is 6.07 Å². The molecule has 1 amide bonds. The van der Waals surface area contributed by atoms with Crippen LogP contribution in [0.25, 0.3) is 0 Å². The molecule has 3 heteroatoms. The van der Waals surface area contributed by atoms with Crippen molar-refractivity contribution in [2.24, 2.45) is 23.2 Å². The lowest BCUT2D eigenvalue weighted by Gasteiger charge is -2.59. The number of nitrogens with one attached hydrogen (secondary N) is 1. The Labute approximate surface area is 144 Å². The van der Waals surface area contributed by atoms with E-state index in [2.05, 4.69) is 12.2 Å². The summed E-state index contributed by atoms with van der Waals surface area (Å²) >= 11 is 0. The standard InChI is InChI=1S/C21H28FNO/c1-14(21-11-16-7-17(12-21)9-18(8-16)13-21)23-20(24)6-5-15-3-2-4-19(22)10-15/h2-4,10,14,16-18H,5-9,11-13H2,1H3,(H,23,24). The summed E-state index contributed by atoms with van der Waals surface area (Å²) in [5.41, 5.74) is 1.25. The molecule has 0 aromatic heterocycles. The summed E-state index contributed by atoms with van der Waals surface area (Å²) in [7, 11) is 0. The first kappa shape index (κ1) is 16.1. The van der Waals surface area contributed by atoms with Crippen molar-refractivity contribution < 1.29 is 9.18 Å². The molecule has 130 valence electrons. The number of benzene rings is 1. The molecule has 0 saturated heterocycles. The van der Waals surface area contributed by atoms with Crippen LogP contribution < -0.4 is 5.32 Å². The largest absolute Gasteiger partial charge is 0.353 e. The molecule has 4 fully saturated rings. The van der Waals surface area contributed by atoms with Crippen LogP contribution in [0.1, 0.15) is 57.4 Å². The smallest absolute Gasteiger partial charge is 0.220 e. The van der Waals surface area contributed by atoms with E-state index in [0.29, 0.717) is 18.3 Å². The fraction of sp³-hybridized carbons (Fsp3) is 0.667. The number of carbonyl (C=O) groups is 1. The van der Waals surface area contributed by atoms with Crippen LogP contribution in [0.15, 0.2) is 24.3 Å². The number of halogens is 1. The summed E-state index contributed by atoms with van der Waals surface area (Å²) < 4.78 is 13.2. The van der Waals surface area contributed by atoms with Gasteiger partial charge in [0.15, 0.2) is 0 Å². The second-order valence-corrected chi connectivity index (χ2v) is 8.70. The van der Waals surface area contributed by atoms with Gasteiger partial charge in [-0.2, -0.15) is 0 Å². The predicted molar refractivity (Wildman–Crippen MR) is 92.9 cm³/mol. The maximum atomic E-state index is 13.2. The zero-order chi connectivity index (χ0) is 16.7. The molecule has 0 aliphatic heterocycles. The zero-order valence-electron chi connectivity index (χ0n) is 14.6. The van der Waals surface area contributed by atoms with Gasteiger partial charge >= 0.3 is 0 Å². The predicted octanol–water partition coefficient (Wildman–Crippen LogP) is 4.48. The molecule has 1 atom stereocenters. The molecule has 5 rings (SSSR count). The van der Waals surface area contributed by atoms with Crippen LogP contribution in [0.3, 0.4) is 0 Å². The second kappa shape index (κ2) is 6.16. The topological polar surface area (TPSA) is 29.1 Å². The third-order valence-corrected chi connectivity index (χ3v) is 6.91. The molecule has 0 spiro atoms. The SMILES string of the molecule is CC(NC(=O)CCc1cccc(F)c1)C12CC3CC(CC(C3)C1)C2. The molecular weight excluding hydrogens is 301 g/mol. The lowest BCUT2D eigenvalue weighted by atomic mass is 9.48. The summed E-state index contributed by atoms with van der Waals surface area (Å²) in [6.45, 7) is 2.22. The monoisotopic (exact) mass is 329 g/mol. The van der Waals surface area contributed by atoms with Crippen LogP contribution in [-0.2, 0) is 11.2 Å². The molecule has 4 saturated carbocycles. The van der Waals surface area contributed by atoms with Gasteiger partial charge in [0.1, 0.15) is 5.82 Å². The van der Waals surface area contributed by atoms with Gasteiger partial charge < -0.3 is 5.32 Å². The van der Waals surface area contributed by atoms with Crippen molar-refractivity contribution in [2.45, 2.75) is 64.3 Å². The molecule has 4 aliphatic carbocycles. The Hall–Kier alpha value is -1.38. The number of aryl methyl sites for hydroxylation is 1. The van der Waals surface area contributed by atoms with Gasteiger partial charge in [-0.15, -0.1) is 0 Å². The van der Waals surface area contributed by atoms with Gasteiger partial charge in [0.05, 0.1) is 0 Å². The van der Waals surface area contributed by atoms with Crippen molar-refractivity contribution in [3.8, 4) is 0 Å². The number of carbonyl (C=O) groups excluding carboxylic acids is 1. The Morgan fingerprint density at radius 2 is 1.83 bits per heavy atom. The fourth-order valence-electron chi connectivity index (χ4n) is 6.13. The first-order valence-electron chi connectivity index (χ1n) is 9.56. The van der Waals surface area contributed by atoms with Gasteiger partial charge in [0.2, 0.25) is 5.91 Å². The van der Waals surface area contributed by atoms with Crippen molar-refractivity contribution in [1.82, 2.24) is 5.32 Å². The van der Waals surface area contributed by atoms with Crippen molar-refractivity contribution in [2.75, 3.05) is 0 Å². The van der Waals surface area contributed by atoms with Gasteiger partial charge in [-0.25, -0.2) is 4.39 Å². The minimum Gasteiger partial charge on any atom is -0.353 e. The normalized spacial score (nSPS) is 35.0. The van der Waals surface area contributed by atoms with Gasteiger partial charge in [-0.1, -0.05) is 12.1 Å². The highest BCUT2D eigenvalue weighted by Gasteiger charge is 2.53. The molecule has 0 heterocycles. The van der Waals surface area contributed by atoms with Crippen LogP contribution in [0.2, 0.25) is 0 Å². The molecule has 4 bridgehead atoms. The Bertz CT molecular complexity index is 591. The van der Waals surface area contributed by atoms with Crippen LogP contribution >= 0.6 is 0 Å². The number of rotatable bonds is 5. The average molecular weight is 329 g/mol. The van der Waals surface area contributed by atoms with Crippen LogP contribution in [0.5, 0.6) is 0 Å². The molecule has 0 radical (unpaired) electrons. The minimum absolute atomic E-state index is 0.113. The molecular formula is C21H28FNO. The summed E-state index contributed by atoms with van der Waals surface area (Å²) in [4.78, 5) is 12.4. The van der Waals surface area contributed by atoms with E-state index in [1.165, 1.54) is 50.7 Å². The molecule has 24 heavy (non-hydrogen) atoms. The zero-order valence-corrected chi connectivity index (χ0v) is 14.6. The fourth-order valence-corrected chi connectivity index (χ4v) is 6.13. The van der Waals surface area contributed by atoms with Crippen molar-refractivity contribution in [1.29, 1.82) is 0 Å². The van der Waals surface area contributed by atoms with Crippen LogP contribution in [0, 0.1) is 29.0 Å². The van der Waals surface area contributed by atoms with Crippen molar-refractivity contribution in [3.05, 3.63) is 35.6 Å². The highest BCUT2D eigenvalue weighted by molar-refractivity contribution is 5.76. The van der Waals surface area contributed by atoms with E-state index < -0.39 is 0 Å². The summed E-state index contributed by atoms with van der Waals surface area (Å²) in [5, 5.41) is 3.29. The number of hydrogen-bond donors (Lipinski definition) is 1. The Morgan fingerprint density at radius 1 is 1.21 bits per heavy atom. The first-order valence-corrected chi connectivity index (χ1v) is 9.56. The van der Waals surface area contributed by atoms with E-state index >= 15 is 0 Å². The first-order chi connectivity index (χ1) is 11.5. The lowest BCUT2D eigenvalue weighted by molar-refractivity contribution is -0.125. The number of hydrogen-bond acceptors (Lipinski definition) is 1. The molecule has 1 aromatic carbocycles. The van der Waals surface area contributed by atoms with E-state index in [-0.39, 0.29) is 17.8 Å². The quantitative estimate of drug-likeness (QED) is 0.848. The summed E-state index contributed by atoms with van der Waals surface area (Å²) in [5.74, 6) is 2.60. The van der Waals surface area contributed by atoms with Crippen LogP contribution in [-0.4, -0.2) is 11.9 Å².